The van der Waals surface area contributed by atoms with Crippen LogP contribution in [0.1, 0.15) is 38.4 Å². The van der Waals surface area contributed by atoms with E-state index in [1.165, 1.54) is 6.07 Å². The topological polar surface area (TPSA) is 71.0 Å². The van der Waals surface area contributed by atoms with Gasteiger partial charge in [-0.05, 0) is 29.7 Å². The first-order valence-corrected chi connectivity index (χ1v) is 10.4. The smallest absolute Gasteiger partial charge is 0.223 e. The quantitative estimate of drug-likeness (QED) is 0.661. The molecule has 0 unspecified atom stereocenters. The van der Waals surface area contributed by atoms with Gasteiger partial charge in [0.1, 0.15) is 11.6 Å². The Morgan fingerprint density at radius 1 is 1.13 bits per heavy atom. The van der Waals surface area contributed by atoms with Crippen molar-refractivity contribution in [3.8, 4) is 11.4 Å². The molecule has 3 aromatic rings. The molecule has 0 bridgehead atoms. The molecule has 0 atom stereocenters. The number of hydrogen-bond acceptors (Lipinski definition) is 5. The lowest BCUT2D eigenvalue weighted by molar-refractivity contribution is -0.134. The molecule has 3 heterocycles. The molecule has 0 radical (unpaired) electrons. The van der Waals surface area contributed by atoms with Crippen molar-refractivity contribution in [2.75, 3.05) is 11.9 Å². The van der Waals surface area contributed by atoms with E-state index in [0.717, 1.165) is 16.8 Å². The maximum atomic E-state index is 14.3. The number of rotatable bonds is 4. The predicted octanol–water partition coefficient (Wildman–Crippen LogP) is 4.74. The summed E-state index contributed by atoms with van der Waals surface area (Å²) >= 11 is 0. The third-order valence-corrected chi connectivity index (χ3v) is 5.16. The van der Waals surface area contributed by atoms with Gasteiger partial charge in [-0.1, -0.05) is 32.9 Å². The molecule has 1 aromatic carbocycles. The molecule has 160 valence electrons. The molecule has 0 spiro atoms. The van der Waals surface area contributed by atoms with E-state index in [-0.39, 0.29) is 17.1 Å². The zero-order valence-electron chi connectivity index (χ0n) is 18.0. The van der Waals surface area contributed by atoms with E-state index in [9.17, 15) is 9.18 Å². The molecule has 0 aliphatic carbocycles. The summed E-state index contributed by atoms with van der Waals surface area (Å²) in [7, 11) is 0. The zero-order valence-corrected chi connectivity index (χ0v) is 18.0. The summed E-state index contributed by atoms with van der Waals surface area (Å²) < 4.78 is 14.3. The summed E-state index contributed by atoms with van der Waals surface area (Å²) in [6.07, 6.45) is 4.47. The zero-order chi connectivity index (χ0) is 22.0. The van der Waals surface area contributed by atoms with Gasteiger partial charge in [0.2, 0.25) is 5.91 Å². The van der Waals surface area contributed by atoms with Gasteiger partial charge in [0.25, 0.3) is 0 Å². The van der Waals surface area contributed by atoms with Crippen molar-refractivity contribution in [1.29, 1.82) is 0 Å². The first kappa shape index (κ1) is 20.9. The number of fused-ring (bicyclic) bond motifs is 1. The van der Waals surface area contributed by atoms with Gasteiger partial charge in [0.15, 0.2) is 5.82 Å². The average molecular weight is 420 g/mol. The van der Waals surface area contributed by atoms with Gasteiger partial charge in [-0.25, -0.2) is 14.4 Å². The van der Waals surface area contributed by atoms with Crippen LogP contribution in [0.4, 0.5) is 15.9 Å². The van der Waals surface area contributed by atoms with Gasteiger partial charge in [0, 0.05) is 42.9 Å². The Bertz CT molecular complexity index is 1090. The normalized spacial score (nSPS) is 13.6. The van der Waals surface area contributed by atoms with E-state index in [4.69, 9.17) is 9.97 Å². The number of hydrogen-bond donors (Lipinski definition) is 1. The van der Waals surface area contributed by atoms with Crippen LogP contribution in [0.3, 0.4) is 0 Å². The third kappa shape index (κ3) is 4.87. The van der Waals surface area contributed by atoms with Crippen LogP contribution in [-0.2, 0) is 17.8 Å². The Balaban J connectivity index is 1.73. The molecule has 1 N–H and O–H groups in total. The number of aromatic nitrogens is 3. The Morgan fingerprint density at radius 3 is 2.58 bits per heavy atom. The molecule has 7 heteroatoms. The largest absolute Gasteiger partial charge is 0.338 e. The molecule has 1 amide bonds. The van der Waals surface area contributed by atoms with E-state index < -0.39 is 0 Å². The number of benzene rings is 1. The molecule has 2 aromatic heterocycles. The van der Waals surface area contributed by atoms with E-state index in [0.29, 0.717) is 43.3 Å². The number of pyridine rings is 1. The lowest BCUT2D eigenvalue weighted by Gasteiger charge is -2.32. The Morgan fingerprint density at radius 2 is 1.87 bits per heavy atom. The predicted molar refractivity (Wildman–Crippen MR) is 118 cm³/mol. The van der Waals surface area contributed by atoms with Gasteiger partial charge < -0.3 is 10.2 Å². The lowest BCUT2D eigenvalue weighted by atomic mass is 9.91. The Kier molecular flexibility index (Phi) is 5.67. The summed E-state index contributed by atoms with van der Waals surface area (Å²) in [4.78, 5) is 28.2. The van der Waals surface area contributed by atoms with Crippen molar-refractivity contribution in [3.63, 3.8) is 0 Å². The van der Waals surface area contributed by atoms with Crippen LogP contribution in [0.15, 0.2) is 48.8 Å². The molecule has 4 rings (SSSR count). The van der Waals surface area contributed by atoms with Gasteiger partial charge in [0.05, 0.1) is 17.9 Å². The van der Waals surface area contributed by atoms with Crippen molar-refractivity contribution in [1.82, 2.24) is 19.9 Å². The van der Waals surface area contributed by atoms with Crippen LogP contribution in [-0.4, -0.2) is 32.3 Å². The molecule has 6 nitrogen and oxygen atoms in total. The summed E-state index contributed by atoms with van der Waals surface area (Å²) in [6.45, 7) is 7.17. The molecule has 31 heavy (non-hydrogen) atoms. The first-order valence-electron chi connectivity index (χ1n) is 10.4. The number of para-hydroxylation sites is 1. The second kappa shape index (κ2) is 8.41. The molecule has 1 aliphatic rings. The van der Waals surface area contributed by atoms with Crippen molar-refractivity contribution < 1.29 is 9.18 Å². The average Bonchev–Trinajstić information content (AvgIpc) is 2.74. The number of carbonyl (C=O) groups is 1. The molecule has 0 fully saturated rings. The van der Waals surface area contributed by atoms with Crippen LogP contribution >= 0.6 is 0 Å². The number of anilines is 2. The maximum Gasteiger partial charge on any atom is 0.223 e. The highest BCUT2D eigenvalue weighted by molar-refractivity contribution is 5.78. The number of amides is 1. The molecule has 1 aliphatic heterocycles. The van der Waals surface area contributed by atoms with Crippen molar-refractivity contribution >= 4 is 17.4 Å². The van der Waals surface area contributed by atoms with E-state index in [2.05, 4.69) is 31.1 Å². The van der Waals surface area contributed by atoms with Crippen molar-refractivity contribution in [3.05, 3.63) is 65.9 Å². The monoisotopic (exact) mass is 419 g/mol. The van der Waals surface area contributed by atoms with E-state index >= 15 is 0 Å². The van der Waals surface area contributed by atoms with Crippen molar-refractivity contribution in [2.45, 2.75) is 40.2 Å². The van der Waals surface area contributed by atoms with Crippen LogP contribution < -0.4 is 5.32 Å². The molecular weight excluding hydrogens is 393 g/mol. The highest BCUT2D eigenvalue weighted by Crippen LogP contribution is 2.31. The number of carbonyl (C=O) groups excluding carboxylic acids is 1. The second-order valence-electron chi connectivity index (χ2n) is 8.96. The molecule has 0 saturated heterocycles. The van der Waals surface area contributed by atoms with Gasteiger partial charge in [-0.2, -0.15) is 0 Å². The third-order valence-electron chi connectivity index (χ3n) is 5.16. The minimum Gasteiger partial charge on any atom is -0.338 e. The fraction of sp³-hybridized carbons (Fsp3) is 0.333. The fourth-order valence-corrected chi connectivity index (χ4v) is 3.62. The van der Waals surface area contributed by atoms with Crippen molar-refractivity contribution in [2.24, 2.45) is 5.41 Å². The first-order chi connectivity index (χ1) is 14.8. The van der Waals surface area contributed by atoms with Gasteiger partial charge in [-0.3, -0.25) is 9.78 Å². The SMILES string of the molecule is CC(C)(C)CC(=O)N1CCc2nc(-c3ccncc3)nc(Nc3ccccc3F)c2C1. The van der Waals surface area contributed by atoms with Gasteiger partial charge >= 0.3 is 0 Å². The highest BCUT2D eigenvalue weighted by atomic mass is 19.1. The van der Waals surface area contributed by atoms with E-state index in [1.54, 1.807) is 30.6 Å². The number of nitrogens with one attached hydrogen (secondary N) is 1. The van der Waals surface area contributed by atoms with Crippen LogP contribution in [0.2, 0.25) is 0 Å². The standard InChI is InChI=1S/C24H26FN5O/c1-24(2,3)14-21(31)30-13-10-19-17(15-30)23(28-20-7-5-4-6-18(20)25)29-22(27-19)16-8-11-26-12-9-16/h4-9,11-12H,10,13-15H2,1-3H3,(H,27,28,29). The summed E-state index contributed by atoms with van der Waals surface area (Å²) in [6, 6.07) is 10.2. The highest BCUT2D eigenvalue weighted by Gasteiger charge is 2.28. The minimum atomic E-state index is -0.364. The van der Waals surface area contributed by atoms with Crippen LogP contribution in [0.5, 0.6) is 0 Å². The Labute approximate surface area is 181 Å². The van der Waals surface area contributed by atoms with Crippen LogP contribution in [0, 0.1) is 11.2 Å². The number of nitrogens with zero attached hydrogens (tertiary/aromatic N) is 4. The fourth-order valence-electron chi connectivity index (χ4n) is 3.62. The second-order valence-corrected chi connectivity index (χ2v) is 8.96. The minimum absolute atomic E-state index is 0.0900. The maximum absolute atomic E-state index is 14.3. The van der Waals surface area contributed by atoms with Crippen LogP contribution in [0.25, 0.3) is 11.4 Å². The number of halogens is 1. The lowest BCUT2D eigenvalue weighted by Crippen LogP contribution is -2.38. The summed E-state index contributed by atoms with van der Waals surface area (Å²) in [5.74, 6) is 0.814. The molecule has 0 saturated carbocycles. The summed E-state index contributed by atoms with van der Waals surface area (Å²) in [5.41, 5.74) is 2.78. The summed E-state index contributed by atoms with van der Waals surface area (Å²) in [5, 5.41) is 3.14. The van der Waals surface area contributed by atoms with E-state index in [1.807, 2.05) is 17.0 Å². The van der Waals surface area contributed by atoms with Gasteiger partial charge in [-0.15, -0.1) is 0 Å². The Hall–Kier alpha value is -3.35. The molecular formula is C24H26FN5O.